The van der Waals surface area contributed by atoms with Crippen molar-refractivity contribution in [3.63, 3.8) is 0 Å². The van der Waals surface area contributed by atoms with Gasteiger partial charge in [-0.05, 0) is 0 Å². The molecule has 0 saturated heterocycles. The molecule has 0 aliphatic rings. The standard InChI is InChI=1S/C18H19BrIO2/c1-2-3-11-20-16-9-7-14(8-10-16)13-22-18-15(12-21)5-4-6-17(18)19/h4-10,12H,2-3,11,13H2,1H3/q-1. The summed E-state index contributed by atoms with van der Waals surface area (Å²) in [5, 5.41) is 0. The first-order valence-corrected chi connectivity index (χ1v) is 10.7. The van der Waals surface area contributed by atoms with Gasteiger partial charge in [0.15, 0.2) is 0 Å². The molecule has 22 heavy (non-hydrogen) atoms. The van der Waals surface area contributed by atoms with Crippen LogP contribution in [-0.4, -0.2) is 10.7 Å². The van der Waals surface area contributed by atoms with Gasteiger partial charge in [0, 0.05) is 0 Å². The molecule has 0 amide bonds. The number of benzene rings is 2. The number of carbonyl (C=O) groups is 1. The Hall–Kier alpha value is -0.880. The van der Waals surface area contributed by atoms with Crippen LogP contribution >= 0.6 is 15.9 Å². The van der Waals surface area contributed by atoms with Gasteiger partial charge in [0.25, 0.3) is 0 Å². The number of ether oxygens (including phenoxy) is 1. The van der Waals surface area contributed by atoms with Gasteiger partial charge >= 0.3 is 151 Å². The molecule has 2 aromatic carbocycles. The fourth-order valence-corrected chi connectivity index (χ4v) is 5.04. The molecule has 0 spiro atoms. The van der Waals surface area contributed by atoms with Crippen molar-refractivity contribution in [2.45, 2.75) is 26.4 Å². The van der Waals surface area contributed by atoms with E-state index < -0.39 is 0 Å². The zero-order valence-electron chi connectivity index (χ0n) is 12.5. The molecule has 0 heterocycles. The third kappa shape index (κ3) is 5.09. The van der Waals surface area contributed by atoms with Crippen molar-refractivity contribution in [3.8, 4) is 5.75 Å². The van der Waals surface area contributed by atoms with Crippen molar-refractivity contribution in [1.82, 2.24) is 0 Å². The number of hydrogen-bond acceptors (Lipinski definition) is 2. The van der Waals surface area contributed by atoms with Crippen molar-refractivity contribution < 1.29 is 30.7 Å². The number of alkyl halides is 1. The van der Waals surface area contributed by atoms with E-state index in [0.717, 1.165) is 16.3 Å². The topological polar surface area (TPSA) is 26.3 Å². The molecular weight excluding hydrogens is 455 g/mol. The monoisotopic (exact) mass is 473 g/mol. The van der Waals surface area contributed by atoms with Crippen LogP contribution in [0.5, 0.6) is 5.75 Å². The van der Waals surface area contributed by atoms with Crippen molar-refractivity contribution in [2.24, 2.45) is 0 Å². The fraction of sp³-hybridized carbons (Fsp3) is 0.278. The predicted molar refractivity (Wildman–Crippen MR) is 88.8 cm³/mol. The van der Waals surface area contributed by atoms with Crippen LogP contribution in [0.25, 0.3) is 0 Å². The molecule has 0 aliphatic heterocycles. The average molecular weight is 474 g/mol. The third-order valence-corrected chi connectivity index (χ3v) is 6.68. The normalized spacial score (nSPS) is 10.6. The minimum absolute atomic E-state index is 0.145. The molecule has 0 aromatic heterocycles. The molecule has 118 valence electrons. The van der Waals surface area contributed by atoms with Gasteiger partial charge in [0.2, 0.25) is 0 Å². The van der Waals surface area contributed by atoms with E-state index in [0.29, 0.717) is 17.9 Å². The van der Waals surface area contributed by atoms with Crippen LogP contribution in [0.2, 0.25) is 0 Å². The zero-order chi connectivity index (χ0) is 15.8. The van der Waals surface area contributed by atoms with Crippen molar-refractivity contribution >= 4 is 22.2 Å². The van der Waals surface area contributed by atoms with Crippen LogP contribution in [-0.2, 0) is 6.61 Å². The number of carbonyl (C=O) groups excluding carboxylic acids is 1. The zero-order valence-corrected chi connectivity index (χ0v) is 16.3. The van der Waals surface area contributed by atoms with Crippen molar-refractivity contribution in [1.29, 1.82) is 0 Å². The number of halogens is 2. The number of rotatable bonds is 8. The summed E-state index contributed by atoms with van der Waals surface area (Å²) in [6, 6.07) is 14.1. The molecule has 2 rings (SSSR count). The summed E-state index contributed by atoms with van der Waals surface area (Å²) >= 11 is 3.57. The van der Waals surface area contributed by atoms with E-state index in [1.807, 2.05) is 12.1 Å². The molecule has 0 aliphatic carbocycles. The Bertz CT molecular complexity index is 611. The Morgan fingerprint density at radius 2 is 1.95 bits per heavy atom. The Morgan fingerprint density at radius 1 is 1.18 bits per heavy atom. The maximum atomic E-state index is 11.1. The van der Waals surface area contributed by atoms with Crippen LogP contribution in [0, 0.1) is 3.57 Å². The van der Waals surface area contributed by atoms with Gasteiger partial charge in [-0.25, -0.2) is 0 Å². The van der Waals surface area contributed by atoms with E-state index in [1.54, 1.807) is 6.07 Å². The molecule has 0 unspecified atom stereocenters. The van der Waals surface area contributed by atoms with Crippen LogP contribution < -0.4 is 25.9 Å². The first-order chi connectivity index (χ1) is 10.7. The van der Waals surface area contributed by atoms with E-state index in [4.69, 9.17) is 4.74 Å². The SMILES string of the molecule is CCCC[I-]c1ccc(COc2c(Br)cccc2C=O)cc1. The number of aldehydes is 1. The number of para-hydroxylation sites is 1. The van der Waals surface area contributed by atoms with Gasteiger partial charge in [-0.1, -0.05) is 0 Å². The van der Waals surface area contributed by atoms with Crippen molar-refractivity contribution in [2.75, 3.05) is 4.43 Å². The van der Waals surface area contributed by atoms with Crippen molar-refractivity contribution in [3.05, 3.63) is 61.6 Å². The predicted octanol–water partition coefficient (Wildman–Crippen LogP) is 1.90. The molecule has 0 radical (unpaired) electrons. The van der Waals surface area contributed by atoms with Gasteiger partial charge in [0.1, 0.15) is 0 Å². The number of unbranched alkanes of at least 4 members (excludes halogenated alkanes) is 1. The summed E-state index contributed by atoms with van der Waals surface area (Å²) in [6.45, 7) is 2.70. The van der Waals surface area contributed by atoms with Crippen LogP contribution in [0.4, 0.5) is 0 Å². The van der Waals surface area contributed by atoms with E-state index in [-0.39, 0.29) is 21.2 Å². The molecule has 4 heteroatoms. The Kier molecular flexibility index (Phi) is 7.39. The average Bonchev–Trinajstić information content (AvgIpc) is 2.55. The third-order valence-electron chi connectivity index (χ3n) is 3.16. The summed E-state index contributed by atoms with van der Waals surface area (Å²) in [7, 11) is 0. The molecule has 0 N–H and O–H groups in total. The Morgan fingerprint density at radius 3 is 2.64 bits per heavy atom. The summed E-state index contributed by atoms with van der Waals surface area (Å²) in [6.07, 6.45) is 3.42. The Labute approximate surface area is 150 Å². The minimum atomic E-state index is 0.145. The quantitative estimate of drug-likeness (QED) is 0.253. The second kappa shape index (κ2) is 9.30. The van der Waals surface area contributed by atoms with Crippen LogP contribution in [0.15, 0.2) is 46.9 Å². The van der Waals surface area contributed by atoms with E-state index in [2.05, 4.69) is 47.1 Å². The summed E-state index contributed by atoms with van der Waals surface area (Å²) < 4.78 is 9.45. The molecule has 0 atom stereocenters. The van der Waals surface area contributed by atoms with Gasteiger partial charge < -0.3 is 0 Å². The molecule has 2 nitrogen and oxygen atoms in total. The van der Waals surface area contributed by atoms with Gasteiger partial charge in [-0.15, -0.1) is 0 Å². The Balaban J connectivity index is 1.96. The molecule has 0 fully saturated rings. The van der Waals surface area contributed by atoms with Crippen LogP contribution in [0.3, 0.4) is 0 Å². The van der Waals surface area contributed by atoms with Gasteiger partial charge in [-0.2, -0.15) is 0 Å². The van der Waals surface area contributed by atoms with E-state index in [1.165, 1.54) is 20.8 Å². The summed E-state index contributed by atoms with van der Waals surface area (Å²) in [4.78, 5) is 11.1. The van der Waals surface area contributed by atoms with Gasteiger partial charge in [0.05, 0.1) is 0 Å². The van der Waals surface area contributed by atoms with Crippen LogP contribution in [0.1, 0.15) is 35.7 Å². The number of hydrogen-bond donors (Lipinski definition) is 0. The second-order valence-corrected chi connectivity index (χ2v) is 8.81. The summed E-state index contributed by atoms with van der Waals surface area (Å²) in [5.41, 5.74) is 1.69. The first kappa shape index (κ1) is 17.5. The van der Waals surface area contributed by atoms with E-state index in [9.17, 15) is 4.79 Å². The van der Waals surface area contributed by atoms with E-state index >= 15 is 0 Å². The fourth-order valence-electron chi connectivity index (χ4n) is 1.91. The maximum absolute atomic E-state index is 11.1. The second-order valence-electron chi connectivity index (χ2n) is 4.87. The molecular formula is C18H19BrIO2-. The van der Waals surface area contributed by atoms with Gasteiger partial charge in [-0.3, -0.25) is 0 Å². The summed E-state index contributed by atoms with van der Waals surface area (Å²) in [5.74, 6) is 0.608. The first-order valence-electron chi connectivity index (χ1n) is 7.29. The molecule has 2 aromatic rings. The molecule has 0 bridgehead atoms. The molecule has 0 saturated carbocycles.